The number of aromatic amines is 2. The zero-order valence-corrected chi connectivity index (χ0v) is 34.6. The lowest BCUT2D eigenvalue weighted by molar-refractivity contribution is -0.135. The molecule has 6 aromatic rings. The fraction of sp³-hybridized carbons (Fsp3) is 0.255. The van der Waals surface area contributed by atoms with E-state index in [1.807, 2.05) is 72.8 Å². The molecule has 63 heavy (non-hydrogen) atoms. The quantitative estimate of drug-likeness (QED) is 0.0826. The molecule has 0 radical (unpaired) electrons. The molecular weight excluding hydrogens is 805 g/mol. The van der Waals surface area contributed by atoms with Crippen LogP contribution in [0, 0.1) is 0 Å². The molecule has 2 saturated heterocycles. The molecule has 2 aromatic heterocycles. The van der Waals surface area contributed by atoms with Crippen LogP contribution in [0.3, 0.4) is 0 Å². The van der Waals surface area contributed by atoms with Gasteiger partial charge in [0.2, 0.25) is 0 Å². The van der Waals surface area contributed by atoms with Crippen LogP contribution in [0.1, 0.15) is 83.1 Å². The summed E-state index contributed by atoms with van der Waals surface area (Å²) in [5.74, 6) is -0.788. The smallest absolute Gasteiger partial charge is 0.407 e. The Hall–Kier alpha value is -7.75. The highest BCUT2D eigenvalue weighted by molar-refractivity contribution is 5.93. The number of aromatic nitrogens is 4. The molecule has 8 rings (SSSR count). The maximum Gasteiger partial charge on any atom is 0.407 e. The van der Waals surface area contributed by atoms with Gasteiger partial charge in [0.25, 0.3) is 11.8 Å². The van der Waals surface area contributed by atoms with Gasteiger partial charge in [0.05, 0.1) is 38.2 Å². The number of rotatable bonds is 12. The van der Waals surface area contributed by atoms with Crippen LogP contribution in [-0.2, 0) is 19.1 Å². The van der Waals surface area contributed by atoms with Crippen molar-refractivity contribution >= 4 is 30.0 Å². The number of amides is 4. The number of ether oxygens (including phenoxy) is 2. The van der Waals surface area contributed by atoms with Crippen molar-refractivity contribution in [2.75, 3.05) is 27.3 Å². The normalized spacial score (nSPS) is 16.9. The summed E-state index contributed by atoms with van der Waals surface area (Å²) in [6, 6.07) is 30.5. The van der Waals surface area contributed by atoms with E-state index in [1.165, 1.54) is 14.2 Å². The predicted molar refractivity (Wildman–Crippen MR) is 231 cm³/mol. The van der Waals surface area contributed by atoms with E-state index in [9.17, 15) is 29.1 Å². The van der Waals surface area contributed by atoms with Gasteiger partial charge in [-0.3, -0.25) is 9.59 Å². The number of alkyl carbamates (subject to hydrolysis) is 2. The standard InChI is InChI=1S/C47H46N8O8/c1-62-46(60)52-38(31-11-5-3-6-12-31)43(56)54-25-9-15-35(54)41-48-27-34(49-41)30-21-17-28(18-22-30)29-19-23-33(24-20-29)37-40(45(58)59)51-42(50-37)36-16-10-26-55(36)44(57)39(53-47(61)63-2)32-13-7-4-8-14-32/h3-8,11-14,17-24,27,35-36,38-39H,9-10,15-16,25-26H2,1-2H3,(H,48,49)(H,50,51)(H,52,60)(H,53,61)(H,58,59)/t35-,36-,38+,39+/m0/s1. The van der Waals surface area contributed by atoms with Crippen molar-refractivity contribution in [2.24, 2.45) is 0 Å². The molecule has 4 atom stereocenters. The number of benzene rings is 4. The molecule has 0 bridgehead atoms. The monoisotopic (exact) mass is 850 g/mol. The first-order valence-corrected chi connectivity index (χ1v) is 20.6. The molecule has 0 unspecified atom stereocenters. The van der Waals surface area contributed by atoms with Crippen LogP contribution in [0.15, 0.2) is 115 Å². The zero-order valence-electron chi connectivity index (χ0n) is 34.6. The Morgan fingerprint density at radius 2 is 1.10 bits per heavy atom. The summed E-state index contributed by atoms with van der Waals surface area (Å²) in [6.07, 6.45) is 3.02. The number of nitrogens with zero attached hydrogens (tertiary/aromatic N) is 4. The molecule has 4 heterocycles. The van der Waals surface area contributed by atoms with E-state index in [0.29, 0.717) is 60.7 Å². The van der Waals surface area contributed by atoms with Gasteiger partial charge in [-0.2, -0.15) is 0 Å². The third-order valence-corrected chi connectivity index (χ3v) is 11.6. The first kappa shape index (κ1) is 42.0. The second-order valence-electron chi connectivity index (χ2n) is 15.3. The largest absolute Gasteiger partial charge is 0.477 e. The number of carboxylic acids is 1. The SMILES string of the molecule is COC(=O)N[C@@H](C(=O)N1CCC[C@H]1c1ncc(-c2ccc(-c3ccc(-c4nc([C@@H]5CCCN5C(=O)[C@H](NC(=O)OC)c5ccccc5)[nH]c4C(=O)O)cc3)cc2)[nH]1)c1ccccc1. The highest BCUT2D eigenvalue weighted by Gasteiger charge is 2.39. The Labute approximate surface area is 362 Å². The van der Waals surface area contributed by atoms with Gasteiger partial charge in [-0.05, 0) is 53.5 Å². The van der Waals surface area contributed by atoms with E-state index in [1.54, 1.807) is 52.4 Å². The number of nitrogens with one attached hydrogen (secondary N) is 4. The van der Waals surface area contributed by atoms with Gasteiger partial charge in [0.1, 0.15) is 29.4 Å². The number of carbonyl (C=O) groups excluding carboxylic acids is 4. The zero-order chi connectivity index (χ0) is 44.0. The van der Waals surface area contributed by atoms with Gasteiger partial charge in [0.15, 0.2) is 5.69 Å². The molecular formula is C47H46N8O8. The van der Waals surface area contributed by atoms with Crippen LogP contribution >= 0.6 is 0 Å². The third kappa shape index (κ3) is 8.87. The number of H-pyrrole nitrogens is 2. The van der Waals surface area contributed by atoms with Crippen molar-refractivity contribution < 1.29 is 38.6 Å². The number of imidazole rings is 2. The lowest BCUT2D eigenvalue weighted by Crippen LogP contribution is -2.42. The number of hydrogen-bond donors (Lipinski definition) is 5. The number of hydrogen-bond acceptors (Lipinski definition) is 9. The van der Waals surface area contributed by atoms with E-state index in [-0.39, 0.29) is 29.2 Å². The molecule has 2 aliphatic rings. The van der Waals surface area contributed by atoms with Crippen molar-refractivity contribution in [3.63, 3.8) is 0 Å². The highest BCUT2D eigenvalue weighted by atomic mass is 16.5. The van der Waals surface area contributed by atoms with E-state index in [0.717, 1.165) is 28.8 Å². The summed E-state index contributed by atoms with van der Waals surface area (Å²) < 4.78 is 9.62. The minimum absolute atomic E-state index is 0.0911. The Bertz CT molecular complexity index is 2600. The van der Waals surface area contributed by atoms with Gasteiger partial charge in [-0.1, -0.05) is 109 Å². The van der Waals surface area contributed by atoms with Crippen LogP contribution in [0.5, 0.6) is 0 Å². The van der Waals surface area contributed by atoms with E-state index in [2.05, 4.69) is 25.6 Å². The molecule has 2 aliphatic heterocycles. The average molecular weight is 851 g/mol. The molecule has 5 N–H and O–H groups in total. The first-order chi connectivity index (χ1) is 30.6. The van der Waals surface area contributed by atoms with Crippen LogP contribution in [0.2, 0.25) is 0 Å². The van der Waals surface area contributed by atoms with Crippen molar-refractivity contribution in [1.29, 1.82) is 0 Å². The summed E-state index contributed by atoms with van der Waals surface area (Å²) >= 11 is 0. The summed E-state index contributed by atoms with van der Waals surface area (Å²) in [7, 11) is 2.49. The molecule has 4 amide bonds. The Balaban J connectivity index is 0.970. The molecule has 2 fully saturated rings. The fourth-order valence-electron chi connectivity index (χ4n) is 8.41. The second-order valence-corrected chi connectivity index (χ2v) is 15.3. The second kappa shape index (κ2) is 18.5. The maximum absolute atomic E-state index is 14.0. The van der Waals surface area contributed by atoms with Crippen LogP contribution in [0.4, 0.5) is 9.59 Å². The molecule has 0 spiro atoms. The van der Waals surface area contributed by atoms with E-state index >= 15 is 0 Å². The highest BCUT2D eigenvalue weighted by Crippen LogP contribution is 2.37. The molecule has 0 aliphatic carbocycles. The predicted octanol–water partition coefficient (Wildman–Crippen LogP) is 7.35. The van der Waals surface area contributed by atoms with Gasteiger partial charge < -0.3 is 45.0 Å². The summed E-state index contributed by atoms with van der Waals surface area (Å²) in [4.78, 5) is 84.2. The minimum atomic E-state index is -1.19. The number of likely N-dealkylation sites (tertiary alicyclic amines) is 2. The van der Waals surface area contributed by atoms with Crippen molar-refractivity contribution in [3.05, 3.63) is 144 Å². The Morgan fingerprint density at radius 3 is 1.57 bits per heavy atom. The van der Waals surface area contributed by atoms with Gasteiger partial charge in [0, 0.05) is 18.7 Å². The summed E-state index contributed by atoms with van der Waals surface area (Å²) in [5.41, 5.74) is 5.48. The first-order valence-electron chi connectivity index (χ1n) is 20.6. The van der Waals surface area contributed by atoms with Crippen molar-refractivity contribution in [1.82, 2.24) is 40.4 Å². The Kier molecular flexibility index (Phi) is 12.3. The average Bonchev–Trinajstić information content (AvgIpc) is 4.17. The van der Waals surface area contributed by atoms with Crippen LogP contribution in [-0.4, -0.2) is 92.1 Å². The van der Waals surface area contributed by atoms with Gasteiger partial charge >= 0.3 is 18.2 Å². The van der Waals surface area contributed by atoms with Gasteiger partial charge in [-0.15, -0.1) is 0 Å². The third-order valence-electron chi connectivity index (χ3n) is 11.6. The van der Waals surface area contributed by atoms with Gasteiger partial charge in [-0.25, -0.2) is 24.4 Å². The number of aromatic carboxylic acids is 1. The summed E-state index contributed by atoms with van der Waals surface area (Å²) in [5, 5.41) is 15.6. The minimum Gasteiger partial charge on any atom is -0.477 e. The molecule has 322 valence electrons. The maximum atomic E-state index is 14.0. The van der Waals surface area contributed by atoms with Crippen LogP contribution < -0.4 is 10.6 Å². The molecule has 0 saturated carbocycles. The Morgan fingerprint density at radius 1 is 0.635 bits per heavy atom. The topological polar surface area (TPSA) is 212 Å². The van der Waals surface area contributed by atoms with Crippen molar-refractivity contribution in [3.8, 4) is 33.6 Å². The van der Waals surface area contributed by atoms with E-state index in [4.69, 9.17) is 14.5 Å². The lowest BCUT2D eigenvalue weighted by Gasteiger charge is -2.28. The molecule has 16 heteroatoms. The molecule has 16 nitrogen and oxygen atoms in total. The lowest BCUT2D eigenvalue weighted by atomic mass is 10.0. The number of methoxy groups -OCH3 is 2. The number of carboxylic acid groups (broad SMARTS) is 1. The summed E-state index contributed by atoms with van der Waals surface area (Å²) in [6.45, 7) is 0.919. The fourth-order valence-corrected chi connectivity index (χ4v) is 8.41. The van der Waals surface area contributed by atoms with E-state index < -0.39 is 36.3 Å². The van der Waals surface area contributed by atoms with Crippen molar-refractivity contribution in [2.45, 2.75) is 49.9 Å². The number of carbonyl (C=O) groups is 5. The molecule has 4 aromatic carbocycles. The van der Waals surface area contributed by atoms with Crippen LogP contribution in [0.25, 0.3) is 33.6 Å².